The molecule has 2 aromatic carbocycles. The van der Waals surface area contributed by atoms with Gasteiger partial charge in [-0.2, -0.15) is 0 Å². The van der Waals surface area contributed by atoms with Gasteiger partial charge in [-0.1, -0.05) is 58.8 Å². The summed E-state index contributed by atoms with van der Waals surface area (Å²) in [6.07, 6.45) is -4.36. The van der Waals surface area contributed by atoms with Crippen LogP contribution in [0.2, 0.25) is 0 Å². The molecule has 5 rings (SSSR count). The van der Waals surface area contributed by atoms with Crippen molar-refractivity contribution >= 4 is 11.4 Å². The Morgan fingerprint density at radius 2 is 1.22 bits per heavy atom. The number of hydrogen-bond acceptors (Lipinski definition) is 8. The number of benzene rings is 2. The minimum absolute atomic E-state index is 0.262. The van der Waals surface area contributed by atoms with Crippen LogP contribution in [0.25, 0.3) is 20.9 Å². The molecule has 0 amide bonds. The lowest BCUT2D eigenvalue weighted by Gasteiger charge is -2.38. The molecule has 3 aliphatic heterocycles. The van der Waals surface area contributed by atoms with Crippen LogP contribution in [0.3, 0.4) is 0 Å². The molecule has 0 spiro atoms. The van der Waals surface area contributed by atoms with Crippen molar-refractivity contribution in [3.8, 4) is 0 Å². The number of aliphatic hydroxyl groups is 1. The highest BCUT2D eigenvalue weighted by Gasteiger charge is 2.58. The van der Waals surface area contributed by atoms with Crippen LogP contribution in [-0.4, -0.2) is 42.4 Å². The third-order valence-corrected chi connectivity index (χ3v) is 5.52. The van der Waals surface area contributed by atoms with E-state index < -0.39 is 43.3 Å². The summed E-state index contributed by atoms with van der Waals surface area (Å²) in [5.74, 6) is 0. The monoisotopic (exact) mass is 438 g/mol. The van der Waals surface area contributed by atoms with Gasteiger partial charge in [0, 0.05) is 32.3 Å². The highest BCUT2D eigenvalue weighted by atomic mass is 16.8. The maximum absolute atomic E-state index is 9.85. The van der Waals surface area contributed by atoms with Gasteiger partial charge in [-0.25, -0.2) is 0 Å². The lowest BCUT2D eigenvalue weighted by atomic mass is 10.0. The van der Waals surface area contributed by atoms with Crippen LogP contribution in [0.1, 0.15) is 23.7 Å². The van der Waals surface area contributed by atoms with E-state index in [4.69, 9.17) is 34.7 Å². The summed E-state index contributed by atoms with van der Waals surface area (Å²) in [5, 5.41) is 16.9. The van der Waals surface area contributed by atoms with Crippen molar-refractivity contribution in [1.82, 2.24) is 0 Å². The molecule has 0 aliphatic carbocycles. The summed E-state index contributed by atoms with van der Waals surface area (Å²) in [5.41, 5.74) is 19.5. The average Bonchev–Trinajstić information content (AvgIpc) is 3.38. The van der Waals surface area contributed by atoms with Gasteiger partial charge >= 0.3 is 0 Å². The van der Waals surface area contributed by atoms with Crippen molar-refractivity contribution in [3.05, 3.63) is 80.5 Å². The zero-order valence-corrected chi connectivity index (χ0v) is 16.5. The lowest BCUT2D eigenvalue weighted by molar-refractivity contribution is -0.305. The molecule has 7 atom stereocenters. The maximum atomic E-state index is 9.85. The summed E-state index contributed by atoms with van der Waals surface area (Å²) >= 11 is 0. The molecule has 3 fully saturated rings. The molecule has 0 bridgehead atoms. The Kier molecular flexibility index (Phi) is 5.66. The van der Waals surface area contributed by atoms with Crippen molar-refractivity contribution in [2.24, 2.45) is 10.2 Å². The normalized spacial score (nSPS) is 33.0. The quantitative estimate of drug-likeness (QED) is 0.418. The van der Waals surface area contributed by atoms with Gasteiger partial charge in [-0.05, 0) is 11.1 Å². The van der Waals surface area contributed by atoms with Crippen LogP contribution in [0.5, 0.6) is 0 Å². The van der Waals surface area contributed by atoms with Gasteiger partial charge in [0.15, 0.2) is 18.9 Å². The standard InChI is InChI=1S/C20H18N6O6/c21-25-23-12-5-1-10(2-6-12)18-28-14(9-27)15-16(30-18)17-20(29-15)32-19(31-17)11-3-7-13(8-4-11)24-26-22/h1-8,14-20,27H,9H2. The predicted octanol–water partition coefficient (Wildman–Crippen LogP) is 4.18. The molecule has 12 nitrogen and oxygen atoms in total. The summed E-state index contributed by atoms with van der Waals surface area (Å²) < 4.78 is 30.0. The zero-order chi connectivity index (χ0) is 22.1. The Hall–Kier alpha value is -3.18. The zero-order valence-electron chi connectivity index (χ0n) is 16.5. The molecule has 32 heavy (non-hydrogen) atoms. The van der Waals surface area contributed by atoms with Gasteiger partial charge in [0.2, 0.25) is 0 Å². The molecule has 164 valence electrons. The highest BCUT2D eigenvalue weighted by molar-refractivity contribution is 5.40. The summed E-state index contributed by atoms with van der Waals surface area (Å²) in [4.78, 5) is 5.52. The molecule has 7 unspecified atom stereocenters. The number of fused-ring (bicyclic) bond motifs is 3. The third-order valence-electron chi connectivity index (χ3n) is 5.52. The Labute approximate surface area is 181 Å². The van der Waals surface area contributed by atoms with E-state index in [1.807, 2.05) is 0 Å². The molecule has 1 N–H and O–H groups in total. The van der Waals surface area contributed by atoms with E-state index in [1.54, 1.807) is 48.5 Å². The van der Waals surface area contributed by atoms with Crippen molar-refractivity contribution in [2.75, 3.05) is 6.61 Å². The Balaban J connectivity index is 1.33. The van der Waals surface area contributed by atoms with Crippen molar-refractivity contribution < 1.29 is 28.8 Å². The van der Waals surface area contributed by atoms with Gasteiger partial charge in [0.05, 0.1) is 6.61 Å². The predicted molar refractivity (Wildman–Crippen MR) is 107 cm³/mol. The van der Waals surface area contributed by atoms with Crippen molar-refractivity contribution in [1.29, 1.82) is 0 Å². The fourth-order valence-corrected chi connectivity index (χ4v) is 4.03. The van der Waals surface area contributed by atoms with E-state index in [2.05, 4.69) is 20.1 Å². The summed E-state index contributed by atoms with van der Waals surface area (Å²) in [6, 6.07) is 13.6. The SMILES string of the molecule is [N-]=[N+]=Nc1ccc(C2OC3OC4C(CO)OC(c5ccc(N=[N+]=[N-])cc5)OC4C3O2)cc1. The minimum Gasteiger partial charge on any atom is -0.394 e. The number of nitrogens with zero attached hydrogens (tertiary/aromatic N) is 6. The van der Waals surface area contributed by atoms with E-state index in [1.165, 1.54) is 0 Å². The van der Waals surface area contributed by atoms with Gasteiger partial charge in [0.1, 0.15) is 24.4 Å². The smallest absolute Gasteiger partial charge is 0.190 e. The van der Waals surface area contributed by atoms with Crippen molar-refractivity contribution in [3.63, 3.8) is 0 Å². The Morgan fingerprint density at radius 3 is 1.75 bits per heavy atom. The molecule has 2 aromatic rings. The molecule has 3 saturated heterocycles. The summed E-state index contributed by atoms with van der Waals surface area (Å²) in [6.45, 7) is -0.262. The summed E-state index contributed by atoms with van der Waals surface area (Å²) in [7, 11) is 0. The third kappa shape index (κ3) is 3.78. The molecule has 0 aromatic heterocycles. The number of azide groups is 2. The van der Waals surface area contributed by atoms with Crippen molar-refractivity contribution in [2.45, 2.75) is 43.3 Å². The number of hydrogen-bond donors (Lipinski definition) is 1. The van der Waals surface area contributed by atoms with Gasteiger partial charge in [-0.3, -0.25) is 0 Å². The average molecular weight is 438 g/mol. The second kappa shape index (κ2) is 8.75. The molecule has 0 saturated carbocycles. The first-order chi connectivity index (χ1) is 15.7. The van der Waals surface area contributed by atoms with Crippen LogP contribution in [0, 0.1) is 0 Å². The number of rotatable bonds is 5. The van der Waals surface area contributed by atoms with Gasteiger partial charge in [-0.15, -0.1) is 0 Å². The first-order valence-electron chi connectivity index (χ1n) is 9.88. The molecular formula is C20H18N6O6. The maximum Gasteiger partial charge on any atom is 0.190 e. The van der Waals surface area contributed by atoms with Gasteiger partial charge < -0.3 is 28.8 Å². The van der Waals surface area contributed by atoms with Crippen LogP contribution in [0.15, 0.2) is 58.8 Å². The topological polar surface area (TPSA) is 164 Å². The Morgan fingerprint density at radius 1 is 0.688 bits per heavy atom. The number of ether oxygens (including phenoxy) is 5. The minimum atomic E-state index is -0.762. The first kappa shape index (κ1) is 20.7. The molecule has 3 heterocycles. The lowest BCUT2D eigenvalue weighted by Crippen LogP contribution is -2.50. The fraction of sp³-hybridized carbons (Fsp3) is 0.400. The van der Waals surface area contributed by atoms with E-state index in [0.717, 1.165) is 5.56 Å². The van der Waals surface area contributed by atoms with E-state index in [-0.39, 0.29) is 6.61 Å². The second-order valence-corrected chi connectivity index (χ2v) is 7.39. The van der Waals surface area contributed by atoms with Gasteiger partial charge in [0.25, 0.3) is 0 Å². The van der Waals surface area contributed by atoms with Crippen LogP contribution >= 0.6 is 0 Å². The second-order valence-electron chi connectivity index (χ2n) is 7.39. The molecular weight excluding hydrogens is 420 g/mol. The van der Waals surface area contributed by atoms with Crippen LogP contribution in [-0.2, 0) is 23.7 Å². The first-order valence-corrected chi connectivity index (χ1v) is 9.88. The van der Waals surface area contributed by atoms with Crippen LogP contribution in [0.4, 0.5) is 11.4 Å². The Bertz CT molecular complexity index is 1070. The highest BCUT2D eigenvalue weighted by Crippen LogP contribution is 2.45. The van der Waals surface area contributed by atoms with Crippen LogP contribution < -0.4 is 0 Å². The largest absolute Gasteiger partial charge is 0.394 e. The molecule has 0 radical (unpaired) electrons. The van der Waals surface area contributed by atoms with E-state index in [0.29, 0.717) is 16.9 Å². The van der Waals surface area contributed by atoms with E-state index >= 15 is 0 Å². The van der Waals surface area contributed by atoms with E-state index in [9.17, 15) is 5.11 Å². The molecule has 3 aliphatic rings. The fourth-order valence-electron chi connectivity index (χ4n) is 4.03. The molecule has 12 heteroatoms. The number of aliphatic hydroxyl groups excluding tert-OH is 1.